The van der Waals surface area contributed by atoms with Crippen LogP contribution in [0.25, 0.3) is 0 Å². The number of amides is 1. The molecule has 0 aliphatic rings. The Morgan fingerprint density at radius 3 is 2.64 bits per heavy atom. The van der Waals surface area contributed by atoms with Crippen molar-refractivity contribution in [3.8, 4) is 0 Å². The third-order valence-electron chi connectivity index (χ3n) is 3.61. The predicted molar refractivity (Wildman–Crippen MR) is 82.9 cm³/mol. The second kappa shape index (κ2) is 5.97. The van der Waals surface area contributed by atoms with E-state index in [4.69, 9.17) is 0 Å². The number of rotatable bonds is 4. The number of nitrogens with zero attached hydrogens (tertiary/aromatic N) is 3. The van der Waals surface area contributed by atoms with Crippen LogP contribution in [0.3, 0.4) is 0 Å². The zero-order chi connectivity index (χ0) is 16.4. The van der Waals surface area contributed by atoms with Crippen LogP contribution in [0.1, 0.15) is 29.8 Å². The molecule has 1 heterocycles. The van der Waals surface area contributed by atoms with Crippen molar-refractivity contribution in [3.05, 3.63) is 51.3 Å². The summed E-state index contributed by atoms with van der Waals surface area (Å²) < 4.78 is 1.36. The van der Waals surface area contributed by atoms with Crippen LogP contribution in [0.2, 0.25) is 0 Å². The maximum Gasteiger partial charge on any atom is 0.309 e. The number of carbonyl (C=O) groups is 1. The van der Waals surface area contributed by atoms with Gasteiger partial charge in [0.25, 0.3) is 0 Å². The minimum absolute atomic E-state index is 0.0913. The fourth-order valence-corrected chi connectivity index (χ4v) is 2.20. The summed E-state index contributed by atoms with van der Waals surface area (Å²) in [6, 6.07) is 5.14. The average Bonchev–Trinajstić information content (AvgIpc) is 2.83. The van der Waals surface area contributed by atoms with Crippen LogP contribution in [0.5, 0.6) is 0 Å². The number of nitro groups is 1. The third kappa shape index (κ3) is 2.98. The number of hydrogen-bond donors (Lipinski definition) is 1. The summed E-state index contributed by atoms with van der Waals surface area (Å²) in [5.74, 6) is -0.269. The van der Waals surface area contributed by atoms with Gasteiger partial charge in [0, 0.05) is 5.69 Å². The van der Waals surface area contributed by atoms with E-state index in [2.05, 4.69) is 10.4 Å². The van der Waals surface area contributed by atoms with Gasteiger partial charge in [-0.15, -0.1) is 0 Å². The Bertz CT molecular complexity index is 736. The number of nitrogens with one attached hydrogen (secondary N) is 1. The highest BCUT2D eigenvalue weighted by atomic mass is 16.6. The minimum atomic E-state index is -0.645. The fraction of sp³-hybridized carbons (Fsp3) is 0.333. The maximum atomic E-state index is 12.4. The van der Waals surface area contributed by atoms with Crippen LogP contribution >= 0.6 is 0 Å². The lowest BCUT2D eigenvalue weighted by Gasteiger charge is -2.15. The van der Waals surface area contributed by atoms with Crippen molar-refractivity contribution in [2.75, 3.05) is 5.32 Å². The molecular formula is C15H18N4O3. The highest BCUT2D eigenvalue weighted by Gasteiger charge is 2.24. The van der Waals surface area contributed by atoms with Gasteiger partial charge in [-0.1, -0.05) is 12.1 Å². The van der Waals surface area contributed by atoms with Crippen LogP contribution in [-0.2, 0) is 4.79 Å². The summed E-state index contributed by atoms with van der Waals surface area (Å²) in [6.45, 7) is 7.08. The summed E-state index contributed by atoms with van der Waals surface area (Å²) in [5, 5.41) is 17.7. The van der Waals surface area contributed by atoms with Crippen molar-refractivity contribution in [1.29, 1.82) is 0 Å². The van der Waals surface area contributed by atoms with Gasteiger partial charge in [0.15, 0.2) is 0 Å². The van der Waals surface area contributed by atoms with Crippen LogP contribution in [0.4, 0.5) is 11.4 Å². The second-order valence-electron chi connectivity index (χ2n) is 5.30. The molecule has 116 valence electrons. The Morgan fingerprint density at radius 2 is 2.05 bits per heavy atom. The van der Waals surface area contributed by atoms with Gasteiger partial charge in [-0.05, 0) is 44.9 Å². The van der Waals surface area contributed by atoms with E-state index >= 15 is 0 Å². The van der Waals surface area contributed by atoms with Crippen LogP contribution in [0.15, 0.2) is 24.4 Å². The molecule has 0 spiro atoms. The Morgan fingerprint density at radius 1 is 1.36 bits per heavy atom. The molecule has 0 aliphatic carbocycles. The molecule has 0 fully saturated rings. The smallest absolute Gasteiger partial charge is 0.309 e. The van der Waals surface area contributed by atoms with E-state index in [1.807, 2.05) is 32.0 Å². The lowest BCUT2D eigenvalue weighted by atomic mass is 10.1. The summed E-state index contributed by atoms with van der Waals surface area (Å²) in [6.07, 6.45) is 1.16. The molecule has 0 saturated carbocycles. The van der Waals surface area contributed by atoms with Crippen molar-refractivity contribution in [2.45, 2.75) is 33.7 Å². The van der Waals surface area contributed by atoms with E-state index in [1.54, 1.807) is 13.8 Å². The molecule has 2 rings (SSSR count). The van der Waals surface area contributed by atoms with Crippen molar-refractivity contribution in [2.24, 2.45) is 0 Å². The van der Waals surface area contributed by atoms with Crippen LogP contribution in [-0.4, -0.2) is 20.6 Å². The van der Waals surface area contributed by atoms with E-state index in [9.17, 15) is 14.9 Å². The lowest BCUT2D eigenvalue weighted by Crippen LogP contribution is -2.25. The van der Waals surface area contributed by atoms with Gasteiger partial charge in [-0.25, -0.2) is 0 Å². The lowest BCUT2D eigenvalue weighted by molar-refractivity contribution is -0.385. The van der Waals surface area contributed by atoms with Gasteiger partial charge in [0.05, 0.1) is 4.92 Å². The monoisotopic (exact) mass is 302 g/mol. The average molecular weight is 302 g/mol. The normalized spacial score (nSPS) is 12.0. The van der Waals surface area contributed by atoms with Gasteiger partial charge >= 0.3 is 5.69 Å². The zero-order valence-electron chi connectivity index (χ0n) is 13.0. The molecule has 1 atom stereocenters. The zero-order valence-corrected chi connectivity index (χ0v) is 13.0. The number of carbonyl (C=O) groups excluding carboxylic acids is 1. The first-order valence-corrected chi connectivity index (χ1v) is 6.88. The summed E-state index contributed by atoms with van der Waals surface area (Å²) in [4.78, 5) is 22.7. The highest BCUT2D eigenvalue weighted by Crippen LogP contribution is 2.22. The Kier molecular flexibility index (Phi) is 4.25. The largest absolute Gasteiger partial charge is 0.324 e. The summed E-state index contributed by atoms with van der Waals surface area (Å²) in [7, 11) is 0. The standard InChI is InChI=1S/C15H18N4O3/c1-9-5-6-10(2)13(7-9)17-15(20)12(4)18-11(3)14(8-16-18)19(21)22/h5-8,12H,1-4H3,(H,17,20). The summed E-state index contributed by atoms with van der Waals surface area (Å²) >= 11 is 0. The SMILES string of the molecule is Cc1ccc(C)c(NC(=O)C(C)n2ncc([N+](=O)[O-])c2C)c1. The molecule has 1 N–H and O–H groups in total. The van der Waals surface area contributed by atoms with Gasteiger partial charge in [-0.2, -0.15) is 5.10 Å². The van der Waals surface area contributed by atoms with Gasteiger partial charge in [0.1, 0.15) is 17.9 Å². The van der Waals surface area contributed by atoms with E-state index in [1.165, 1.54) is 4.68 Å². The Labute approximate surface area is 128 Å². The molecule has 7 nitrogen and oxygen atoms in total. The first kappa shape index (κ1) is 15.7. The first-order valence-electron chi connectivity index (χ1n) is 6.88. The van der Waals surface area contributed by atoms with Gasteiger partial charge < -0.3 is 5.32 Å². The number of benzene rings is 1. The van der Waals surface area contributed by atoms with Crippen LogP contribution < -0.4 is 5.32 Å². The third-order valence-corrected chi connectivity index (χ3v) is 3.61. The number of aryl methyl sites for hydroxylation is 2. The molecule has 0 aliphatic heterocycles. The molecule has 0 radical (unpaired) electrons. The van der Waals surface area contributed by atoms with Crippen molar-refractivity contribution in [1.82, 2.24) is 9.78 Å². The molecule has 22 heavy (non-hydrogen) atoms. The summed E-state index contributed by atoms with van der Waals surface area (Å²) in [5.41, 5.74) is 2.99. The topological polar surface area (TPSA) is 90.1 Å². The minimum Gasteiger partial charge on any atom is -0.324 e. The number of anilines is 1. The molecule has 0 bridgehead atoms. The van der Waals surface area contributed by atoms with Crippen molar-refractivity contribution >= 4 is 17.3 Å². The number of hydrogen-bond acceptors (Lipinski definition) is 4. The molecule has 1 unspecified atom stereocenters. The Balaban J connectivity index is 2.22. The molecule has 7 heteroatoms. The second-order valence-corrected chi connectivity index (χ2v) is 5.30. The number of aromatic nitrogens is 2. The van der Waals surface area contributed by atoms with Crippen molar-refractivity contribution < 1.29 is 9.72 Å². The highest BCUT2D eigenvalue weighted by molar-refractivity contribution is 5.94. The van der Waals surface area contributed by atoms with Gasteiger partial charge in [-0.3, -0.25) is 19.6 Å². The van der Waals surface area contributed by atoms with Crippen LogP contribution in [0, 0.1) is 30.9 Å². The molecule has 0 saturated heterocycles. The van der Waals surface area contributed by atoms with E-state index < -0.39 is 11.0 Å². The molecule has 2 aromatic rings. The van der Waals surface area contributed by atoms with E-state index in [0.29, 0.717) is 5.69 Å². The molecular weight excluding hydrogens is 284 g/mol. The first-order chi connectivity index (χ1) is 10.3. The quantitative estimate of drug-likeness (QED) is 0.694. The molecule has 1 amide bonds. The van der Waals surface area contributed by atoms with Crippen molar-refractivity contribution in [3.63, 3.8) is 0 Å². The molecule has 1 aromatic heterocycles. The fourth-order valence-electron chi connectivity index (χ4n) is 2.20. The van der Waals surface area contributed by atoms with Gasteiger partial charge in [0.2, 0.25) is 5.91 Å². The Hall–Kier alpha value is -2.70. The molecule has 1 aromatic carbocycles. The van der Waals surface area contributed by atoms with E-state index in [0.717, 1.165) is 23.0 Å². The van der Waals surface area contributed by atoms with E-state index in [-0.39, 0.29) is 11.6 Å². The maximum absolute atomic E-state index is 12.4. The predicted octanol–water partition coefficient (Wildman–Crippen LogP) is 2.92.